The van der Waals surface area contributed by atoms with E-state index in [9.17, 15) is 13.2 Å². The molecular weight excluding hydrogens is 298 g/mol. The van der Waals surface area contributed by atoms with E-state index in [4.69, 9.17) is 10.9 Å². The Hall–Kier alpha value is -0.670. The summed E-state index contributed by atoms with van der Waals surface area (Å²) in [5.41, 5.74) is 5.20. The van der Waals surface area contributed by atoms with Crippen LogP contribution in [0.4, 0.5) is 0 Å². The van der Waals surface area contributed by atoms with Gasteiger partial charge in [0, 0.05) is 17.5 Å². The molecule has 0 radical (unpaired) electrons. The molecule has 1 aromatic heterocycles. The Kier molecular flexibility index (Phi) is 5.76. The Labute approximate surface area is 116 Å². The maximum atomic E-state index is 11.8. The topological polar surface area (TPSA) is 115 Å². The monoisotopic (exact) mass is 313 g/mol. The zero-order chi connectivity index (χ0) is 13.3. The van der Waals surface area contributed by atoms with E-state index in [1.807, 2.05) is 0 Å². The van der Waals surface area contributed by atoms with Gasteiger partial charge in [0.2, 0.25) is 10.0 Å². The number of sulfonamides is 1. The Morgan fingerprint density at radius 2 is 2.06 bits per heavy atom. The molecule has 0 aromatic carbocycles. The molecule has 0 unspecified atom stereocenters. The minimum absolute atomic E-state index is 0. The molecule has 1 heterocycles. The maximum Gasteiger partial charge on any atom is 0.252 e. The van der Waals surface area contributed by atoms with E-state index in [-0.39, 0.29) is 34.6 Å². The maximum absolute atomic E-state index is 11.8. The Bertz CT molecular complexity index is 525. The van der Waals surface area contributed by atoms with Gasteiger partial charge in [-0.05, 0) is 19.9 Å². The molecule has 0 aliphatic rings. The second kappa shape index (κ2) is 5.98. The highest BCUT2D eigenvalue weighted by molar-refractivity contribution is 7.91. The molecule has 0 saturated carbocycles. The van der Waals surface area contributed by atoms with Crippen molar-refractivity contribution in [1.29, 1.82) is 0 Å². The first-order valence-electron chi connectivity index (χ1n) is 4.79. The van der Waals surface area contributed by atoms with Crippen LogP contribution in [0.15, 0.2) is 15.7 Å². The lowest BCUT2D eigenvalue weighted by Gasteiger charge is -2.23. The van der Waals surface area contributed by atoms with Crippen LogP contribution >= 0.6 is 23.7 Å². The van der Waals surface area contributed by atoms with Crippen molar-refractivity contribution in [3.05, 3.63) is 17.0 Å². The predicted octanol–water partition coefficient (Wildman–Crippen LogP) is 0.284. The third-order valence-electron chi connectivity index (χ3n) is 2.08. The summed E-state index contributed by atoms with van der Waals surface area (Å²) in [5, 5.41) is 9.09. The second-order valence-electron chi connectivity index (χ2n) is 4.24. The first-order valence-corrected chi connectivity index (χ1v) is 7.22. The zero-order valence-electron chi connectivity index (χ0n) is 9.97. The van der Waals surface area contributed by atoms with E-state index in [1.54, 1.807) is 13.8 Å². The van der Waals surface area contributed by atoms with Gasteiger partial charge in [-0.3, -0.25) is 4.79 Å². The minimum atomic E-state index is -3.75. The Morgan fingerprint density at radius 3 is 2.44 bits per heavy atom. The van der Waals surface area contributed by atoms with Crippen LogP contribution in [0.5, 0.6) is 0 Å². The molecule has 0 aliphatic carbocycles. The van der Waals surface area contributed by atoms with Crippen molar-refractivity contribution >= 4 is 39.7 Å². The summed E-state index contributed by atoms with van der Waals surface area (Å²) in [6, 6.07) is 1.25. The van der Waals surface area contributed by atoms with Crippen LogP contribution < -0.4 is 16.2 Å². The minimum Gasteiger partial charge on any atom is -0.346 e. The number of nitrogens with two attached hydrogens (primary N) is 2. The van der Waals surface area contributed by atoms with Crippen LogP contribution in [0, 0.1) is 0 Å². The molecule has 1 rings (SSSR count). The summed E-state index contributed by atoms with van der Waals surface area (Å²) in [7, 11) is -3.75. The highest BCUT2D eigenvalue weighted by Crippen LogP contribution is 2.19. The number of carbonyl (C=O) groups excluding carboxylic acids is 1. The van der Waals surface area contributed by atoms with Crippen molar-refractivity contribution in [1.82, 2.24) is 5.32 Å². The molecule has 9 heteroatoms. The average molecular weight is 314 g/mol. The summed E-state index contributed by atoms with van der Waals surface area (Å²) in [6.45, 7) is 3.83. The van der Waals surface area contributed by atoms with E-state index in [2.05, 4.69) is 5.32 Å². The van der Waals surface area contributed by atoms with E-state index >= 15 is 0 Å². The van der Waals surface area contributed by atoms with Crippen LogP contribution in [-0.2, 0) is 10.0 Å². The molecule has 1 aromatic rings. The largest absolute Gasteiger partial charge is 0.346 e. The Balaban J connectivity index is 0.00000289. The lowest BCUT2D eigenvalue weighted by Crippen LogP contribution is -2.48. The van der Waals surface area contributed by atoms with Crippen LogP contribution in [-0.4, -0.2) is 26.4 Å². The predicted molar refractivity (Wildman–Crippen MR) is 73.5 cm³/mol. The highest BCUT2D eigenvalue weighted by Gasteiger charge is 2.21. The van der Waals surface area contributed by atoms with Gasteiger partial charge in [-0.2, -0.15) is 0 Å². The van der Waals surface area contributed by atoms with Crippen LogP contribution in [0.2, 0.25) is 0 Å². The van der Waals surface area contributed by atoms with Gasteiger partial charge in [-0.25, -0.2) is 13.6 Å². The fourth-order valence-electron chi connectivity index (χ4n) is 1.02. The highest BCUT2D eigenvalue weighted by atomic mass is 35.5. The van der Waals surface area contributed by atoms with Crippen LogP contribution in [0.1, 0.15) is 24.2 Å². The third kappa shape index (κ3) is 4.54. The number of carbonyl (C=O) groups is 1. The van der Waals surface area contributed by atoms with Gasteiger partial charge in [0.15, 0.2) is 0 Å². The van der Waals surface area contributed by atoms with E-state index in [0.717, 1.165) is 11.3 Å². The summed E-state index contributed by atoms with van der Waals surface area (Å²) in [4.78, 5) is 11.8. The number of rotatable bonds is 4. The normalized spacial score (nSPS) is 11.8. The lowest BCUT2D eigenvalue weighted by molar-refractivity contribution is 0.0916. The van der Waals surface area contributed by atoms with Crippen molar-refractivity contribution in [2.45, 2.75) is 23.6 Å². The van der Waals surface area contributed by atoms with Crippen molar-refractivity contribution < 1.29 is 13.2 Å². The zero-order valence-corrected chi connectivity index (χ0v) is 12.4. The molecule has 1 amide bonds. The van der Waals surface area contributed by atoms with Gasteiger partial charge in [0.05, 0.1) is 5.56 Å². The smallest absolute Gasteiger partial charge is 0.252 e. The standard InChI is InChI=1S/C9H15N3O3S2.ClH/c1-9(2,5-10)12-8(13)6-3-7(16-4-6)17(11,14)15;/h3-4H,5,10H2,1-2H3,(H,12,13)(H2,11,14,15);1H. The first-order chi connectivity index (χ1) is 7.65. The lowest BCUT2D eigenvalue weighted by atomic mass is 10.1. The number of hydrogen-bond donors (Lipinski definition) is 3. The molecule has 0 saturated heterocycles. The van der Waals surface area contributed by atoms with Gasteiger partial charge in [0.25, 0.3) is 5.91 Å². The number of primary sulfonamides is 1. The summed E-state index contributed by atoms with van der Waals surface area (Å²) in [6.07, 6.45) is 0. The first kappa shape index (κ1) is 17.3. The molecule has 104 valence electrons. The molecule has 0 aliphatic heterocycles. The number of hydrogen-bond acceptors (Lipinski definition) is 5. The van der Waals surface area contributed by atoms with Crippen molar-refractivity contribution in [3.63, 3.8) is 0 Å². The second-order valence-corrected chi connectivity index (χ2v) is 6.94. The van der Waals surface area contributed by atoms with E-state index < -0.39 is 15.6 Å². The molecular formula is C9H16ClN3O3S2. The fourth-order valence-corrected chi connectivity index (χ4v) is 2.60. The van der Waals surface area contributed by atoms with Crippen molar-refractivity contribution in [3.8, 4) is 0 Å². The molecule has 0 fully saturated rings. The summed E-state index contributed by atoms with van der Waals surface area (Å²) in [5.74, 6) is -0.369. The number of thiophene rings is 1. The van der Waals surface area contributed by atoms with Crippen molar-refractivity contribution in [2.75, 3.05) is 6.54 Å². The van der Waals surface area contributed by atoms with E-state index in [1.165, 1.54) is 11.4 Å². The fraction of sp³-hybridized carbons (Fsp3) is 0.444. The molecule has 0 atom stereocenters. The van der Waals surface area contributed by atoms with Crippen molar-refractivity contribution in [2.24, 2.45) is 10.9 Å². The van der Waals surface area contributed by atoms with Gasteiger partial charge in [-0.15, -0.1) is 23.7 Å². The van der Waals surface area contributed by atoms with Crippen LogP contribution in [0.25, 0.3) is 0 Å². The summed E-state index contributed by atoms with van der Waals surface area (Å²) >= 11 is 0.913. The molecule has 0 spiro atoms. The number of amides is 1. The van der Waals surface area contributed by atoms with E-state index in [0.29, 0.717) is 0 Å². The summed E-state index contributed by atoms with van der Waals surface area (Å²) < 4.78 is 22.1. The average Bonchev–Trinajstić information content (AvgIpc) is 2.65. The molecule has 18 heavy (non-hydrogen) atoms. The van der Waals surface area contributed by atoms with Crippen LogP contribution in [0.3, 0.4) is 0 Å². The van der Waals surface area contributed by atoms with Gasteiger partial charge < -0.3 is 11.1 Å². The molecule has 5 N–H and O–H groups in total. The number of halogens is 1. The Morgan fingerprint density at radius 1 is 1.50 bits per heavy atom. The van der Waals surface area contributed by atoms with Gasteiger partial charge in [0.1, 0.15) is 4.21 Å². The molecule has 0 bridgehead atoms. The molecule has 6 nitrogen and oxygen atoms in total. The quantitative estimate of drug-likeness (QED) is 0.740. The SMILES string of the molecule is CC(C)(CN)NC(=O)c1csc(S(N)(=O)=O)c1.Cl. The van der Waals surface area contributed by atoms with Gasteiger partial charge in [-0.1, -0.05) is 0 Å². The number of nitrogens with one attached hydrogen (secondary N) is 1. The third-order valence-corrected chi connectivity index (χ3v) is 4.47. The van der Waals surface area contributed by atoms with Gasteiger partial charge >= 0.3 is 0 Å².